The molecule has 6 nitrogen and oxygen atoms in total. The quantitative estimate of drug-likeness (QED) is 0.660. The van der Waals surface area contributed by atoms with Gasteiger partial charge in [0.2, 0.25) is 0 Å². The van der Waals surface area contributed by atoms with Crippen molar-refractivity contribution >= 4 is 17.5 Å². The average molecular weight is 266 g/mol. The molecule has 1 heterocycles. The summed E-state index contributed by atoms with van der Waals surface area (Å²) in [5.74, 6) is -0.614. The highest BCUT2D eigenvalue weighted by atomic mass is 16.4. The number of carboxylic acid groups (broad SMARTS) is 1. The summed E-state index contributed by atoms with van der Waals surface area (Å²) in [5, 5.41) is 12.0. The molecule has 106 valence electrons. The number of hydrogen-bond donors (Lipinski definition) is 3. The van der Waals surface area contributed by atoms with Gasteiger partial charge in [0.05, 0.1) is 5.69 Å². The van der Waals surface area contributed by atoms with Crippen molar-refractivity contribution in [1.29, 1.82) is 0 Å². The first-order valence-corrected chi connectivity index (χ1v) is 6.54. The molecular weight excluding hydrogens is 244 g/mol. The van der Waals surface area contributed by atoms with Crippen molar-refractivity contribution in [3.05, 3.63) is 17.8 Å². The number of pyridine rings is 1. The molecular formula is C13H22N4O2. The van der Waals surface area contributed by atoms with Crippen molar-refractivity contribution in [1.82, 2.24) is 9.88 Å². The fraction of sp³-hybridized carbons (Fsp3) is 0.538. The van der Waals surface area contributed by atoms with E-state index in [4.69, 9.17) is 10.8 Å². The van der Waals surface area contributed by atoms with Crippen molar-refractivity contribution < 1.29 is 9.90 Å². The molecule has 0 aromatic carbocycles. The average Bonchev–Trinajstić information content (AvgIpc) is 2.39. The molecule has 0 bridgehead atoms. The normalized spacial score (nSPS) is 10.7. The van der Waals surface area contributed by atoms with E-state index in [1.54, 1.807) is 6.07 Å². The molecule has 0 aliphatic rings. The molecule has 0 saturated carbocycles. The van der Waals surface area contributed by atoms with Crippen LogP contribution in [-0.4, -0.2) is 47.1 Å². The third-order valence-corrected chi connectivity index (χ3v) is 2.85. The van der Waals surface area contributed by atoms with Crippen LogP contribution < -0.4 is 11.1 Å². The van der Waals surface area contributed by atoms with Gasteiger partial charge in [-0.15, -0.1) is 0 Å². The molecule has 1 rings (SSSR count). The fourth-order valence-corrected chi connectivity index (χ4v) is 1.81. The van der Waals surface area contributed by atoms with Crippen LogP contribution in [0.1, 0.15) is 30.8 Å². The van der Waals surface area contributed by atoms with E-state index in [-0.39, 0.29) is 5.69 Å². The number of hydrogen-bond acceptors (Lipinski definition) is 5. The Labute approximate surface area is 113 Å². The van der Waals surface area contributed by atoms with Crippen molar-refractivity contribution in [3.63, 3.8) is 0 Å². The van der Waals surface area contributed by atoms with Crippen LogP contribution in [0.2, 0.25) is 0 Å². The van der Waals surface area contributed by atoms with E-state index in [2.05, 4.69) is 29.0 Å². The number of aromatic carboxylic acids is 1. The summed E-state index contributed by atoms with van der Waals surface area (Å²) in [4.78, 5) is 17.1. The standard InChI is InChI=1S/C13H22N4O2/c1-3-8-17(4-2)9-7-15-12-10(14)5-6-11(16-12)13(18)19/h5-6H,3-4,7-9,14H2,1-2H3,(H,15,16)(H,18,19). The molecule has 0 amide bonds. The number of nitrogens with one attached hydrogen (secondary N) is 1. The van der Waals surface area contributed by atoms with Gasteiger partial charge in [0, 0.05) is 13.1 Å². The van der Waals surface area contributed by atoms with Gasteiger partial charge in [-0.05, 0) is 31.6 Å². The van der Waals surface area contributed by atoms with E-state index >= 15 is 0 Å². The molecule has 0 radical (unpaired) electrons. The summed E-state index contributed by atoms with van der Waals surface area (Å²) >= 11 is 0. The second kappa shape index (κ2) is 7.58. The molecule has 0 saturated heterocycles. The first-order valence-electron chi connectivity index (χ1n) is 6.54. The maximum atomic E-state index is 10.8. The Morgan fingerprint density at radius 1 is 1.42 bits per heavy atom. The zero-order valence-electron chi connectivity index (χ0n) is 11.5. The Hall–Kier alpha value is -1.82. The lowest BCUT2D eigenvalue weighted by molar-refractivity contribution is 0.0690. The molecule has 1 aromatic rings. The van der Waals surface area contributed by atoms with E-state index in [9.17, 15) is 4.79 Å². The highest BCUT2D eigenvalue weighted by Gasteiger charge is 2.08. The first-order chi connectivity index (χ1) is 9.08. The molecule has 0 aliphatic carbocycles. The highest BCUT2D eigenvalue weighted by molar-refractivity contribution is 5.86. The van der Waals surface area contributed by atoms with Crippen LogP contribution in [0.4, 0.5) is 11.5 Å². The topological polar surface area (TPSA) is 91.5 Å². The summed E-state index contributed by atoms with van der Waals surface area (Å²) < 4.78 is 0. The molecule has 1 aromatic heterocycles. The SMILES string of the molecule is CCCN(CC)CCNc1nc(C(=O)O)ccc1N. The van der Waals surface area contributed by atoms with Gasteiger partial charge in [0.15, 0.2) is 5.69 Å². The van der Waals surface area contributed by atoms with Crippen LogP contribution >= 0.6 is 0 Å². The maximum Gasteiger partial charge on any atom is 0.354 e. The van der Waals surface area contributed by atoms with Crippen molar-refractivity contribution in [2.75, 3.05) is 37.2 Å². The Balaban J connectivity index is 2.57. The van der Waals surface area contributed by atoms with E-state index in [0.29, 0.717) is 18.1 Å². The van der Waals surface area contributed by atoms with Crippen molar-refractivity contribution in [2.24, 2.45) is 0 Å². The maximum absolute atomic E-state index is 10.8. The van der Waals surface area contributed by atoms with Crippen LogP contribution in [-0.2, 0) is 0 Å². The number of anilines is 2. The molecule has 0 atom stereocenters. The number of likely N-dealkylation sites (N-methyl/N-ethyl adjacent to an activating group) is 1. The lowest BCUT2D eigenvalue weighted by Gasteiger charge is -2.20. The molecule has 0 aliphatic heterocycles. The second-order valence-corrected chi connectivity index (χ2v) is 4.30. The number of aromatic nitrogens is 1. The number of nitrogens with zero attached hydrogens (tertiary/aromatic N) is 2. The monoisotopic (exact) mass is 266 g/mol. The van der Waals surface area contributed by atoms with Crippen LogP contribution in [0.25, 0.3) is 0 Å². The second-order valence-electron chi connectivity index (χ2n) is 4.30. The molecule has 4 N–H and O–H groups in total. The summed E-state index contributed by atoms with van der Waals surface area (Å²) in [6.07, 6.45) is 1.11. The van der Waals surface area contributed by atoms with Gasteiger partial charge in [-0.25, -0.2) is 9.78 Å². The van der Waals surface area contributed by atoms with Crippen LogP contribution in [0.15, 0.2) is 12.1 Å². The zero-order chi connectivity index (χ0) is 14.3. The number of nitrogens with two attached hydrogens (primary N) is 1. The largest absolute Gasteiger partial charge is 0.477 e. The predicted octanol–water partition coefficient (Wildman–Crippen LogP) is 1.51. The van der Waals surface area contributed by atoms with E-state index in [0.717, 1.165) is 26.1 Å². The Bertz CT molecular complexity index is 423. The number of rotatable bonds is 8. The first kappa shape index (κ1) is 15.2. The lowest BCUT2D eigenvalue weighted by atomic mass is 10.3. The summed E-state index contributed by atoms with van der Waals surface area (Å²) in [6.45, 7) is 7.88. The minimum atomic E-state index is -1.05. The molecule has 0 unspecified atom stereocenters. The van der Waals surface area contributed by atoms with Gasteiger partial charge >= 0.3 is 5.97 Å². The third-order valence-electron chi connectivity index (χ3n) is 2.85. The van der Waals surface area contributed by atoms with Gasteiger partial charge in [0.25, 0.3) is 0 Å². The predicted molar refractivity (Wildman–Crippen MR) is 76.5 cm³/mol. The van der Waals surface area contributed by atoms with Gasteiger partial charge in [0.1, 0.15) is 5.82 Å². The van der Waals surface area contributed by atoms with Gasteiger partial charge in [-0.3, -0.25) is 0 Å². The minimum absolute atomic E-state index is 0.00222. The molecule has 0 fully saturated rings. The molecule has 6 heteroatoms. The van der Waals surface area contributed by atoms with Gasteiger partial charge in [-0.2, -0.15) is 0 Å². The van der Waals surface area contributed by atoms with E-state index < -0.39 is 5.97 Å². The fourth-order valence-electron chi connectivity index (χ4n) is 1.81. The summed E-state index contributed by atoms with van der Waals surface area (Å²) in [6, 6.07) is 2.96. The smallest absolute Gasteiger partial charge is 0.354 e. The minimum Gasteiger partial charge on any atom is -0.477 e. The van der Waals surface area contributed by atoms with E-state index in [1.807, 2.05) is 0 Å². The van der Waals surface area contributed by atoms with Crippen LogP contribution in [0, 0.1) is 0 Å². The van der Waals surface area contributed by atoms with Crippen LogP contribution in [0.3, 0.4) is 0 Å². The molecule has 19 heavy (non-hydrogen) atoms. The van der Waals surface area contributed by atoms with Crippen LogP contribution in [0.5, 0.6) is 0 Å². The Kier molecular flexibility index (Phi) is 6.08. The summed E-state index contributed by atoms with van der Waals surface area (Å²) in [7, 11) is 0. The van der Waals surface area contributed by atoms with Crippen molar-refractivity contribution in [3.8, 4) is 0 Å². The van der Waals surface area contributed by atoms with Gasteiger partial charge in [-0.1, -0.05) is 13.8 Å². The van der Waals surface area contributed by atoms with Crippen molar-refractivity contribution in [2.45, 2.75) is 20.3 Å². The van der Waals surface area contributed by atoms with E-state index in [1.165, 1.54) is 6.07 Å². The highest BCUT2D eigenvalue weighted by Crippen LogP contribution is 2.15. The Morgan fingerprint density at radius 2 is 2.16 bits per heavy atom. The van der Waals surface area contributed by atoms with Gasteiger partial charge < -0.3 is 21.1 Å². The lowest BCUT2D eigenvalue weighted by Crippen LogP contribution is -2.30. The Morgan fingerprint density at radius 3 is 2.74 bits per heavy atom. The number of nitrogen functional groups attached to an aromatic ring is 1. The number of carboxylic acids is 1. The number of carbonyl (C=O) groups is 1. The zero-order valence-corrected chi connectivity index (χ0v) is 11.5. The molecule has 0 spiro atoms. The third kappa shape index (κ3) is 4.75. The summed E-state index contributed by atoms with van der Waals surface area (Å²) in [5.41, 5.74) is 6.23.